The summed E-state index contributed by atoms with van der Waals surface area (Å²) in [7, 11) is 8.14. The molecule has 0 amide bonds. The Hall–Kier alpha value is -1.10. The fourth-order valence-corrected chi connectivity index (χ4v) is 2.15. The van der Waals surface area contributed by atoms with Gasteiger partial charge in [-0.15, -0.1) is 0 Å². The molecule has 0 aliphatic carbocycles. The van der Waals surface area contributed by atoms with Gasteiger partial charge in [-0.3, -0.25) is 0 Å². The number of likely N-dealkylation sites (N-methyl/N-ethyl adjacent to an activating group) is 1. The second-order valence-corrected chi connectivity index (χ2v) is 5.70. The number of nitrogens with zero attached hydrogens (tertiary/aromatic N) is 2. The lowest BCUT2D eigenvalue weighted by molar-refractivity contribution is 0.125. The lowest BCUT2D eigenvalue weighted by Gasteiger charge is -2.24. The monoisotopic (exact) mass is 279 g/mol. The molecule has 2 N–H and O–H groups in total. The van der Waals surface area contributed by atoms with Crippen LogP contribution in [0.5, 0.6) is 0 Å². The van der Waals surface area contributed by atoms with E-state index in [1.807, 2.05) is 38.4 Å². The van der Waals surface area contributed by atoms with E-state index >= 15 is 0 Å². The van der Waals surface area contributed by atoms with E-state index in [9.17, 15) is 5.11 Å². The first kappa shape index (κ1) is 17.0. The first-order chi connectivity index (χ1) is 9.45. The van der Waals surface area contributed by atoms with E-state index in [4.69, 9.17) is 0 Å². The fraction of sp³-hybridized carbons (Fsp3) is 0.625. The van der Waals surface area contributed by atoms with Gasteiger partial charge in [0.1, 0.15) is 0 Å². The maximum absolute atomic E-state index is 10.5. The van der Waals surface area contributed by atoms with Crippen molar-refractivity contribution in [3.63, 3.8) is 0 Å². The quantitative estimate of drug-likeness (QED) is 0.760. The van der Waals surface area contributed by atoms with E-state index in [1.165, 1.54) is 0 Å². The standard InChI is InChI=1S/C16H29N3O/c1-6-15(17-11-12-18(2)3)16(20)13-7-9-14(10-8-13)19(4)5/h7-10,15-17,20H,6,11-12H2,1-5H3. The Morgan fingerprint density at radius 2 is 1.70 bits per heavy atom. The van der Waals surface area contributed by atoms with Crippen LogP contribution in [-0.4, -0.2) is 57.3 Å². The molecule has 0 spiro atoms. The molecule has 0 bridgehead atoms. The molecule has 2 unspecified atom stereocenters. The highest BCUT2D eigenvalue weighted by Crippen LogP contribution is 2.21. The second kappa shape index (κ2) is 8.25. The summed E-state index contributed by atoms with van der Waals surface area (Å²) in [5.41, 5.74) is 2.12. The van der Waals surface area contributed by atoms with Gasteiger partial charge in [0.05, 0.1) is 6.10 Å². The van der Waals surface area contributed by atoms with Crippen LogP contribution in [0.25, 0.3) is 0 Å². The Morgan fingerprint density at radius 1 is 1.10 bits per heavy atom. The number of hydrogen-bond donors (Lipinski definition) is 2. The van der Waals surface area contributed by atoms with Gasteiger partial charge in [0, 0.05) is 38.9 Å². The van der Waals surface area contributed by atoms with E-state index in [0.717, 1.165) is 30.8 Å². The highest BCUT2D eigenvalue weighted by atomic mass is 16.3. The van der Waals surface area contributed by atoms with E-state index in [1.54, 1.807) is 0 Å². The Morgan fingerprint density at radius 3 is 2.15 bits per heavy atom. The number of aliphatic hydroxyl groups is 1. The van der Waals surface area contributed by atoms with Crippen LogP contribution in [-0.2, 0) is 0 Å². The van der Waals surface area contributed by atoms with Crippen LogP contribution in [0.3, 0.4) is 0 Å². The number of hydrogen-bond acceptors (Lipinski definition) is 4. The minimum Gasteiger partial charge on any atom is -0.387 e. The zero-order valence-electron chi connectivity index (χ0n) is 13.4. The minimum atomic E-state index is -0.460. The molecule has 2 atom stereocenters. The van der Waals surface area contributed by atoms with Crippen LogP contribution in [0, 0.1) is 0 Å². The van der Waals surface area contributed by atoms with Crippen molar-refractivity contribution in [3.05, 3.63) is 29.8 Å². The summed E-state index contributed by atoms with van der Waals surface area (Å²) in [5.74, 6) is 0. The molecule has 0 saturated carbocycles. The van der Waals surface area contributed by atoms with Crippen molar-refractivity contribution in [2.45, 2.75) is 25.5 Å². The fourth-order valence-electron chi connectivity index (χ4n) is 2.15. The van der Waals surface area contributed by atoms with Gasteiger partial charge in [-0.1, -0.05) is 19.1 Å². The maximum Gasteiger partial charge on any atom is 0.0942 e. The van der Waals surface area contributed by atoms with Gasteiger partial charge in [0.25, 0.3) is 0 Å². The largest absolute Gasteiger partial charge is 0.387 e. The lowest BCUT2D eigenvalue weighted by Crippen LogP contribution is -2.38. The molecule has 0 aliphatic rings. The summed E-state index contributed by atoms with van der Waals surface area (Å²) < 4.78 is 0. The second-order valence-electron chi connectivity index (χ2n) is 5.70. The molecule has 0 fully saturated rings. The first-order valence-electron chi connectivity index (χ1n) is 7.29. The molecule has 1 rings (SSSR count). The van der Waals surface area contributed by atoms with Crippen molar-refractivity contribution >= 4 is 5.69 Å². The molecule has 4 nitrogen and oxygen atoms in total. The van der Waals surface area contributed by atoms with Gasteiger partial charge >= 0.3 is 0 Å². The predicted octanol–water partition coefficient (Wildman–Crippen LogP) is 1.72. The van der Waals surface area contributed by atoms with Crippen LogP contribution < -0.4 is 10.2 Å². The zero-order valence-corrected chi connectivity index (χ0v) is 13.4. The summed E-state index contributed by atoms with van der Waals surface area (Å²) in [6.45, 7) is 3.96. The van der Waals surface area contributed by atoms with Gasteiger partial charge in [-0.05, 0) is 38.2 Å². The molecule has 0 heterocycles. The number of aliphatic hydroxyl groups excluding tert-OH is 1. The summed E-state index contributed by atoms with van der Waals surface area (Å²) in [6, 6.07) is 8.21. The highest BCUT2D eigenvalue weighted by molar-refractivity contribution is 5.46. The van der Waals surface area contributed by atoms with Crippen LogP contribution >= 0.6 is 0 Å². The molecule has 4 heteroatoms. The van der Waals surface area contributed by atoms with Crippen molar-refractivity contribution in [1.82, 2.24) is 10.2 Å². The average Bonchev–Trinajstić information content (AvgIpc) is 2.42. The number of benzene rings is 1. The van der Waals surface area contributed by atoms with Gasteiger partial charge < -0.3 is 20.2 Å². The van der Waals surface area contributed by atoms with Crippen LogP contribution in [0.1, 0.15) is 25.0 Å². The molecular weight excluding hydrogens is 250 g/mol. The Kier molecular flexibility index (Phi) is 6.99. The van der Waals surface area contributed by atoms with Crippen LogP contribution in [0.2, 0.25) is 0 Å². The third kappa shape index (κ3) is 5.12. The Balaban J connectivity index is 2.62. The minimum absolute atomic E-state index is 0.0974. The van der Waals surface area contributed by atoms with Crippen LogP contribution in [0.4, 0.5) is 5.69 Å². The normalized spacial score (nSPS) is 14.3. The molecule has 20 heavy (non-hydrogen) atoms. The van der Waals surface area contributed by atoms with Crippen molar-refractivity contribution in [2.24, 2.45) is 0 Å². The summed E-state index contributed by atoms with van der Waals surface area (Å²) in [5, 5.41) is 13.9. The molecule has 0 radical (unpaired) electrons. The Bertz CT molecular complexity index is 376. The summed E-state index contributed by atoms with van der Waals surface area (Å²) in [4.78, 5) is 4.20. The number of nitrogens with one attached hydrogen (secondary N) is 1. The van der Waals surface area contributed by atoms with Crippen LogP contribution in [0.15, 0.2) is 24.3 Å². The van der Waals surface area contributed by atoms with Gasteiger partial charge in [-0.2, -0.15) is 0 Å². The predicted molar refractivity (Wildman–Crippen MR) is 86.4 cm³/mol. The molecule has 0 aromatic heterocycles. The van der Waals surface area contributed by atoms with E-state index < -0.39 is 6.10 Å². The molecular formula is C16H29N3O. The summed E-state index contributed by atoms with van der Waals surface area (Å²) in [6.07, 6.45) is 0.447. The highest BCUT2D eigenvalue weighted by Gasteiger charge is 2.18. The average molecular weight is 279 g/mol. The lowest BCUT2D eigenvalue weighted by atomic mass is 10.00. The van der Waals surface area contributed by atoms with E-state index in [0.29, 0.717) is 0 Å². The van der Waals surface area contributed by atoms with Crippen molar-refractivity contribution in [3.8, 4) is 0 Å². The van der Waals surface area contributed by atoms with E-state index in [-0.39, 0.29) is 6.04 Å². The van der Waals surface area contributed by atoms with Crippen molar-refractivity contribution in [2.75, 3.05) is 46.2 Å². The summed E-state index contributed by atoms with van der Waals surface area (Å²) >= 11 is 0. The first-order valence-corrected chi connectivity index (χ1v) is 7.29. The van der Waals surface area contributed by atoms with Crippen molar-refractivity contribution < 1.29 is 5.11 Å². The van der Waals surface area contributed by atoms with Gasteiger partial charge in [0.2, 0.25) is 0 Å². The number of anilines is 1. The number of rotatable bonds is 8. The maximum atomic E-state index is 10.5. The van der Waals surface area contributed by atoms with E-state index in [2.05, 4.69) is 36.1 Å². The molecule has 1 aromatic rings. The molecule has 0 saturated heterocycles. The molecule has 0 aliphatic heterocycles. The molecule has 114 valence electrons. The third-order valence-corrected chi connectivity index (χ3v) is 3.54. The van der Waals surface area contributed by atoms with Crippen molar-refractivity contribution in [1.29, 1.82) is 0 Å². The SMILES string of the molecule is CCC(NCCN(C)C)C(O)c1ccc(N(C)C)cc1. The zero-order chi connectivity index (χ0) is 15.1. The topological polar surface area (TPSA) is 38.7 Å². The molecule has 1 aromatic carbocycles. The third-order valence-electron chi connectivity index (χ3n) is 3.54. The van der Waals surface area contributed by atoms with Gasteiger partial charge in [0.15, 0.2) is 0 Å². The Labute approximate surface area is 123 Å². The smallest absolute Gasteiger partial charge is 0.0942 e. The van der Waals surface area contributed by atoms with Gasteiger partial charge in [-0.25, -0.2) is 0 Å².